The summed E-state index contributed by atoms with van der Waals surface area (Å²) in [4.78, 5) is 26.5. The molecule has 6 heteroatoms. The van der Waals surface area contributed by atoms with E-state index in [0.717, 1.165) is 4.47 Å². The van der Waals surface area contributed by atoms with Gasteiger partial charge in [0.15, 0.2) is 0 Å². The van der Waals surface area contributed by atoms with Crippen molar-refractivity contribution in [3.05, 3.63) is 58.3 Å². The molecule has 2 aromatic rings. The van der Waals surface area contributed by atoms with Crippen molar-refractivity contribution in [3.63, 3.8) is 0 Å². The molecule has 0 saturated heterocycles. The Morgan fingerprint density at radius 2 is 1.74 bits per heavy atom. The van der Waals surface area contributed by atoms with Gasteiger partial charge in [-0.05, 0) is 46.3 Å². The number of hydrogen-bond acceptors (Lipinski definition) is 3. The van der Waals surface area contributed by atoms with Crippen molar-refractivity contribution in [3.8, 4) is 0 Å². The first-order valence-corrected chi connectivity index (χ1v) is 6.11. The van der Waals surface area contributed by atoms with Crippen molar-refractivity contribution in [2.75, 3.05) is 5.32 Å². The third-order valence-corrected chi connectivity index (χ3v) is 2.79. The number of carboxylic acids is 1. The SMILES string of the molecule is O=C(O)c1ccc(C(=O)Nc2cncc(Br)c2)cc1. The van der Waals surface area contributed by atoms with E-state index in [4.69, 9.17) is 5.11 Å². The van der Waals surface area contributed by atoms with Crippen molar-refractivity contribution in [1.29, 1.82) is 0 Å². The molecule has 0 atom stereocenters. The zero-order valence-electron chi connectivity index (χ0n) is 9.63. The highest BCUT2D eigenvalue weighted by atomic mass is 79.9. The van der Waals surface area contributed by atoms with Crippen LogP contribution in [0.2, 0.25) is 0 Å². The summed E-state index contributed by atoms with van der Waals surface area (Å²) in [5, 5.41) is 11.4. The monoisotopic (exact) mass is 320 g/mol. The lowest BCUT2D eigenvalue weighted by atomic mass is 10.1. The smallest absolute Gasteiger partial charge is 0.335 e. The average Bonchev–Trinajstić information content (AvgIpc) is 2.39. The van der Waals surface area contributed by atoms with Crippen LogP contribution in [0.4, 0.5) is 5.69 Å². The molecule has 0 fully saturated rings. The Bertz CT molecular complexity index is 626. The van der Waals surface area contributed by atoms with Gasteiger partial charge in [0, 0.05) is 16.2 Å². The number of carbonyl (C=O) groups excluding carboxylic acids is 1. The second-order valence-electron chi connectivity index (χ2n) is 3.73. The number of nitrogens with zero attached hydrogens (tertiary/aromatic N) is 1. The summed E-state index contributed by atoms with van der Waals surface area (Å²) < 4.78 is 0.756. The highest BCUT2D eigenvalue weighted by Crippen LogP contribution is 2.15. The Morgan fingerprint density at radius 1 is 1.11 bits per heavy atom. The molecular weight excluding hydrogens is 312 g/mol. The maximum atomic E-state index is 11.9. The second kappa shape index (κ2) is 5.62. The molecule has 0 spiro atoms. The van der Waals surface area contributed by atoms with E-state index in [2.05, 4.69) is 26.2 Å². The van der Waals surface area contributed by atoms with E-state index >= 15 is 0 Å². The molecule has 1 amide bonds. The van der Waals surface area contributed by atoms with E-state index in [0.29, 0.717) is 11.3 Å². The van der Waals surface area contributed by atoms with Crippen LogP contribution in [0, 0.1) is 0 Å². The van der Waals surface area contributed by atoms with E-state index in [1.54, 1.807) is 12.3 Å². The van der Waals surface area contributed by atoms with Crippen LogP contribution in [0.5, 0.6) is 0 Å². The molecule has 2 rings (SSSR count). The van der Waals surface area contributed by atoms with Gasteiger partial charge in [-0.3, -0.25) is 9.78 Å². The van der Waals surface area contributed by atoms with Crippen LogP contribution in [0.15, 0.2) is 47.2 Å². The Balaban J connectivity index is 2.14. The van der Waals surface area contributed by atoms with Crippen molar-refractivity contribution in [2.45, 2.75) is 0 Å². The van der Waals surface area contributed by atoms with E-state index in [1.807, 2.05) is 0 Å². The first kappa shape index (κ1) is 13.2. The lowest BCUT2D eigenvalue weighted by Crippen LogP contribution is -2.12. The van der Waals surface area contributed by atoms with E-state index in [1.165, 1.54) is 30.5 Å². The summed E-state index contributed by atoms with van der Waals surface area (Å²) >= 11 is 3.25. The number of carbonyl (C=O) groups is 2. The third-order valence-electron chi connectivity index (χ3n) is 2.36. The molecule has 0 bridgehead atoms. The number of rotatable bonds is 3. The largest absolute Gasteiger partial charge is 0.478 e. The minimum absolute atomic E-state index is 0.140. The maximum Gasteiger partial charge on any atom is 0.335 e. The highest BCUT2D eigenvalue weighted by Gasteiger charge is 2.08. The summed E-state index contributed by atoms with van der Waals surface area (Å²) in [5.41, 5.74) is 1.08. The number of pyridine rings is 1. The van der Waals surface area contributed by atoms with Gasteiger partial charge >= 0.3 is 5.97 Å². The van der Waals surface area contributed by atoms with Crippen molar-refractivity contribution < 1.29 is 14.7 Å². The molecule has 0 aliphatic rings. The minimum atomic E-state index is -1.02. The fraction of sp³-hybridized carbons (Fsp3) is 0. The van der Waals surface area contributed by atoms with Crippen LogP contribution >= 0.6 is 15.9 Å². The van der Waals surface area contributed by atoms with E-state index < -0.39 is 5.97 Å². The molecule has 0 aliphatic heterocycles. The average molecular weight is 321 g/mol. The van der Waals surface area contributed by atoms with Gasteiger partial charge in [0.05, 0.1) is 17.4 Å². The topological polar surface area (TPSA) is 79.3 Å². The van der Waals surface area contributed by atoms with Crippen LogP contribution in [0.3, 0.4) is 0 Å². The molecule has 1 heterocycles. The third kappa shape index (κ3) is 3.38. The number of aromatic nitrogens is 1. The van der Waals surface area contributed by atoms with Gasteiger partial charge in [0.25, 0.3) is 5.91 Å². The van der Waals surface area contributed by atoms with Crippen LogP contribution in [0.1, 0.15) is 20.7 Å². The zero-order valence-corrected chi connectivity index (χ0v) is 11.2. The summed E-state index contributed by atoms with van der Waals surface area (Å²) in [5.74, 6) is -1.35. The predicted molar refractivity (Wildman–Crippen MR) is 73.3 cm³/mol. The molecule has 2 N–H and O–H groups in total. The molecule has 19 heavy (non-hydrogen) atoms. The Hall–Kier alpha value is -2.21. The normalized spacial score (nSPS) is 9.95. The number of anilines is 1. The molecule has 96 valence electrons. The van der Waals surface area contributed by atoms with Crippen LogP contribution in [0.25, 0.3) is 0 Å². The molecule has 0 unspecified atom stereocenters. The number of aromatic carboxylic acids is 1. The first-order chi connectivity index (χ1) is 9.06. The number of benzene rings is 1. The Labute approximate surface area is 117 Å². The Kier molecular flexibility index (Phi) is 3.91. The lowest BCUT2D eigenvalue weighted by Gasteiger charge is -2.05. The van der Waals surface area contributed by atoms with Crippen LogP contribution < -0.4 is 5.32 Å². The molecule has 0 saturated carbocycles. The van der Waals surface area contributed by atoms with Crippen molar-refractivity contribution >= 4 is 33.5 Å². The molecule has 0 aliphatic carbocycles. The number of halogens is 1. The van der Waals surface area contributed by atoms with Gasteiger partial charge in [-0.2, -0.15) is 0 Å². The fourth-order valence-electron chi connectivity index (χ4n) is 1.45. The minimum Gasteiger partial charge on any atom is -0.478 e. The number of amides is 1. The standard InChI is InChI=1S/C13H9BrN2O3/c14-10-5-11(7-15-6-10)16-12(17)8-1-3-9(4-2-8)13(18)19/h1-7H,(H,16,17)(H,18,19). The molecular formula is C13H9BrN2O3. The quantitative estimate of drug-likeness (QED) is 0.911. The maximum absolute atomic E-state index is 11.9. The molecule has 1 aromatic heterocycles. The van der Waals surface area contributed by atoms with Gasteiger partial charge < -0.3 is 10.4 Å². The first-order valence-electron chi connectivity index (χ1n) is 5.31. The fourth-order valence-corrected chi connectivity index (χ4v) is 1.81. The predicted octanol–water partition coefficient (Wildman–Crippen LogP) is 2.79. The summed E-state index contributed by atoms with van der Waals surface area (Å²) in [7, 11) is 0. The molecule has 5 nitrogen and oxygen atoms in total. The number of nitrogens with one attached hydrogen (secondary N) is 1. The second-order valence-corrected chi connectivity index (χ2v) is 4.64. The summed E-state index contributed by atoms with van der Waals surface area (Å²) in [6, 6.07) is 7.41. The molecule has 1 aromatic carbocycles. The molecule has 0 radical (unpaired) electrons. The van der Waals surface area contributed by atoms with Gasteiger partial charge in [0.1, 0.15) is 0 Å². The Morgan fingerprint density at radius 3 is 2.32 bits per heavy atom. The van der Waals surface area contributed by atoms with Gasteiger partial charge in [0.2, 0.25) is 0 Å². The van der Waals surface area contributed by atoms with Crippen LogP contribution in [-0.4, -0.2) is 22.0 Å². The van der Waals surface area contributed by atoms with Crippen LogP contribution in [-0.2, 0) is 0 Å². The number of hydrogen-bond donors (Lipinski definition) is 2. The summed E-state index contributed by atoms with van der Waals surface area (Å²) in [6.45, 7) is 0. The number of carboxylic acid groups (broad SMARTS) is 1. The van der Waals surface area contributed by atoms with Gasteiger partial charge in [-0.1, -0.05) is 0 Å². The van der Waals surface area contributed by atoms with Gasteiger partial charge in [-0.15, -0.1) is 0 Å². The lowest BCUT2D eigenvalue weighted by molar-refractivity contribution is 0.0696. The van der Waals surface area contributed by atoms with E-state index in [-0.39, 0.29) is 11.5 Å². The van der Waals surface area contributed by atoms with Crippen molar-refractivity contribution in [1.82, 2.24) is 4.98 Å². The zero-order chi connectivity index (χ0) is 13.8. The van der Waals surface area contributed by atoms with E-state index in [9.17, 15) is 9.59 Å². The highest BCUT2D eigenvalue weighted by molar-refractivity contribution is 9.10. The summed E-state index contributed by atoms with van der Waals surface area (Å²) in [6.07, 6.45) is 3.13. The van der Waals surface area contributed by atoms with Gasteiger partial charge in [-0.25, -0.2) is 4.79 Å². The van der Waals surface area contributed by atoms with Crippen molar-refractivity contribution in [2.24, 2.45) is 0 Å².